The summed E-state index contributed by atoms with van der Waals surface area (Å²) in [5.41, 5.74) is 0.148. The van der Waals surface area contributed by atoms with Crippen molar-refractivity contribution in [2.75, 3.05) is 19.7 Å². The van der Waals surface area contributed by atoms with Crippen molar-refractivity contribution < 1.29 is 18.7 Å². The van der Waals surface area contributed by atoms with E-state index >= 15 is 0 Å². The summed E-state index contributed by atoms with van der Waals surface area (Å²) in [7, 11) is 0. The van der Waals surface area contributed by atoms with Gasteiger partial charge in [0, 0.05) is 19.3 Å². The third kappa shape index (κ3) is 3.35. The lowest BCUT2D eigenvalue weighted by molar-refractivity contribution is -0.0393. The Morgan fingerprint density at radius 1 is 1.19 bits per heavy atom. The first-order valence-electron chi connectivity index (χ1n) is 8.84. The highest BCUT2D eigenvalue weighted by Gasteiger charge is 2.44. The maximum absolute atomic E-state index is 12.4. The van der Waals surface area contributed by atoms with Crippen molar-refractivity contribution in [1.29, 1.82) is 0 Å². The predicted molar refractivity (Wildman–Crippen MR) is 92.6 cm³/mol. The van der Waals surface area contributed by atoms with E-state index in [1.165, 1.54) is 6.26 Å². The largest absolute Gasteiger partial charge is 0.459 e. The number of amides is 2. The van der Waals surface area contributed by atoms with Crippen LogP contribution in [0.1, 0.15) is 40.3 Å². The quantitative estimate of drug-likeness (QED) is 0.909. The van der Waals surface area contributed by atoms with Gasteiger partial charge in [-0.05, 0) is 43.5 Å². The summed E-state index contributed by atoms with van der Waals surface area (Å²) in [5, 5.41) is 3.00. The van der Waals surface area contributed by atoms with Crippen molar-refractivity contribution in [2.45, 2.75) is 30.9 Å². The van der Waals surface area contributed by atoms with Crippen LogP contribution >= 0.6 is 0 Å². The van der Waals surface area contributed by atoms with Gasteiger partial charge in [0.15, 0.2) is 5.76 Å². The highest BCUT2D eigenvalue weighted by Crippen LogP contribution is 2.36. The third-order valence-electron chi connectivity index (χ3n) is 5.14. The second-order valence-electron chi connectivity index (χ2n) is 6.85. The second-order valence-corrected chi connectivity index (χ2v) is 6.85. The smallest absolute Gasteiger partial charge is 0.289 e. The highest BCUT2D eigenvalue weighted by atomic mass is 16.5. The molecule has 7 nitrogen and oxygen atoms in total. The van der Waals surface area contributed by atoms with Crippen LogP contribution in [0.4, 0.5) is 0 Å². The summed E-state index contributed by atoms with van der Waals surface area (Å²) in [6.45, 7) is 1.74. The Balaban J connectivity index is 1.31. The van der Waals surface area contributed by atoms with E-state index in [4.69, 9.17) is 9.15 Å². The van der Waals surface area contributed by atoms with Gasteiger partial charge in [0.2, 0.25) is 0 Å². The summed E-state index contributed by atoms with van der Waals surface area (Å²) in [6, 6.07) is 8.63. The van der Waals surface area contributed by atoms with Crippen LogP contribution in [0.2, 0.25) is 0 Å². The third-order valence-corrected chi connectivity index (χ3v) is 5.14. The minimum atomic E-state index is -0.262. The standard InChI is InChI=1S/C19H21N3O4/c23-17(15-4-1-2-8-20-15)21-14-12-19(26-13-14)6-9-22(10-7-19)18(24)16-5-3-11-25-16/h1-5,8,11,14H,6-7,9-10,12-13H2,(H,21,23). The zero-order valence-electron chi connectivity index (χ0n) is 14.4. The van der Waals surface area contributed by atoms with Crippen molar-refractivity contribution in [3.05, 3.63) is 54.2 Å². The van der Waals surface area contributed by atoms with E-state index < -0.39 is 0 Å². The van der Waals surface area contributed by atoms with Gasteiger partial charge in [0.1, 0.15) is 5.69 Å². The van der Waals surface area contributed by atoms with Gasteiger partial charge in [0.25, 0.3) is 11.8 Å². The van der Waals surface area contributed by atoms with E-state index in [9.17, 15) is 9.59 Å². The van der Waals surface area contributed by atoms with Crippen molar-refractivity contribution in [2.24, 2.45) is 0 Å². The molecule has 0 radical (unpaired) electrons. The van der Waals surface area contributed by atoms with Gasteiger partial charge < -0.3 is 19.4 Å². The molecule has 0 saturated carbocycles. The first kappa shape index (κ1) is 16.8. The van der Waals surface area contributed by atoms with Crippen LogP contribution in [0, 0.1) is 0 Å². The molecule has 2 aromatic heterocycles. The Kier molecular flexibility index (Phi) is 4.46. The van der Waals surface area contributed by atoms with Gasteiger partial charge in [-0.2, -0.15) is 0 Å². The molecule has 2 amide bonds. The number of ether oxygens (including phenoxy) is 1. The maximum atomic E-state index is 12.4. The molecule has 1 atom stereocenters. The molecule has 0 bridgehead atoms. The molecular weight excluding hydrogens is 334 g/mol. The first-order chi connectivity index (χ1) is 12.7. The molecular formula is C19H21N3O4. The van der Waals surface area contributed by atoms with E-state index in [1.807, 2.05) is 0 Å². The highest BCUT2D eigenvalue weighted by molar-refractivity contribution is 5.92. The number of aromatic nitrogens is 1. The molecule has 2 aromatic rings. The summed E-state index contributed by atoms with van der Waals surface area (Å²) in [6.07, 6.45) is 5.39. The van der Waals surface area contributed by atoms with Crippen molar-refractivity contribution in [1.82, 2.24) is 15.2 Å². The lowest BCUT2D eigenvalue weighted by Gasteiger charge is -2.38. The number of likely N-dealkylation sites (tertiary alicyclic amines) is 1. The van der Waals surface area contributed by atoms with Crippen molar-refractivity contribution in [3.8, 4) is 0 Å². The van der Waals surface area contributed by atoms with Crippen molar-refractivity contribution >= 4 is 11.8 Å². The zero-order valence-corrected chi connectivity index (χ0v) is 14.4. The van der Waals surface area contributed by atoms with Crippen LogP contribution < -0.4 is 5.32 Å². The van der Waals surface area contributed by atoms with E-state index in [1.54, 1.807) is 41.4 Å². The fraction of sp³-hybridized carbons (Fsp3) is 0.421. The second kappa shape index (κ2) is 6.92. The molecule has 4 heterocycles. The molecule has 2 saturated heterocycles. The number of furan rings is 1. The Morgan fingerprint density at radius 3 is 2.73 bits per heavy atom. The predicted octanol–water partition coefficient (Wildman–Crippen LogP) is 1.87. The molecule has 0 aliphatic carbocycles. The number of carbonyl (C=O) groups is 2. The average molecular weight is 355 g/mol. The number of nitrogens with one attached hydrogen (secondary N) is 1. The number of rotatable bonds is 3. The van der Waals surface area contributed by atoms with Gasteiger partial charge in [-0.3, -0.25) is 14.6 Å². The molecule has 1 N–H and O–H groups in total. The molecule has 0 aromatic carbocycles. The SMILES string of the molecule is O=C(NC1COC2(CCN(C(=O)c3ccco3)CC2)C1)c1ccccn1. The summed E-state index contributed by atoms with van der Waals surface area (Å²) < 4.78 is 11.2. The summed E-state index contributed by atoms with van der Waals surface area (Å²) >= 11 is 0. The molecule has 2 aliphatic heterocycles. The Labute approximate surface area is 151 Å². The van der Waals surface area contributed by atoms with Gasteiger partial charge in [-0.25, -0.2) is 0 Å². The fourth-order valence-electron chi connectivity index (χ4n) is 3.72. The van der Waals surface area contributed by atoms with Crippen LogP contribution in [0.3, 0.4) is 0 Å². The molecule has 1 spiro atoms. The molecule has 26 heavy (non-hydrogen) atoms. The topological polar surface area (TPSA) is 84.7 Å². The molecule has 136 valence electrons. The van der Waals surface area contributed by atoms with E-state index in [0.717, 1.165) is 19.3 Å². The zero-order chi connectivity index (χ0) is 18.0. The Morgan fingerprint density at radius 2 is 2.04 bits per heavy atom. The van der Waals surface area contributed by atoms with Crippen LogP contribution in [-0.4, -0.2) is 53.0 Å². The lowest BCUT2D eigenvalue weighted by atomic mass is 9.87. The minimum Gasteiger partial charge on any atom is -0.459 e. The Bertz CT molecular complexity index is 767. The number of pyridine rings is 1. The van der Waals surface area contributed by atoms with Crippen LogP contribution in [0.25, 0.3) is 0 Å². The monoisotopic (exact) mass is 355 g/mol. The van der Waals surface area contributed by atoms with Gasteiger partial charge >= 0.3 is 0 Å². The van der Waals surface area contributed by atoms with Gasteiger partial charge in [0.05, 0.1) is 24.5 Å². The molecule has 1 unspecified atom stereocenters. The van der Waals surface area contributed by atoms with Gasteiger partial charge in [-0.1, -0.05) is 6.07 Å². The number of piperidine rings is 1. The number of carbonyl (C=O) groups excluding carboxylic acids is 2. The average Bonchev–Trinajstić information content (AvgIpc) is 3.33. The first-order valence-corrected chi connectivity index (χ1v) is 8.84. The van der Waals surface area contributed by atoms with Crippen molar-refractivity contribution in [3.63, 3.8) is 0 Å². The van der Waals surface area contributed by atoms with Crippen LogP contribution in [-0.2, 0) is 4.74 Å². The van der Waals surface area contributed by atoms with Gasteiger partial charge in [-0.15, -0.1) is 0 Å². The molecule has 4 rings (SSSR count). The number of hydrogen-bond acceptors (Lipinski definition) is 5. The Hall–Kier alpha value is -2.67. The maximum Gasteiger partial charge on any atom is 0.289 e. The minimum absolute atomic E-state index is 0.0307. The summed E-state index contributed by atoms with van der Waals surface area (Å²) in [4.78, 5) is 30.5. The lowest BCUT2D eigenvalue weighted by Crippen LogP contribution is -2.47. The molecule has 2 fully saturated rings. The van der Waals surface area contributed by atoms with Crippen LogP contribution in [0.5, 0.6) is 0 Å². The van der Waals surface area contributed by atoms with Crippen LogP contribution in [0.15, 0.2) is 47.2 Å². The van der Waals surface area contributed by atoms with E-state index in [2.05, 4.69) is 10.3 Å². The van der Waals surface area contributed by atoms with E-state index in [-0.39, 0.29) is 23.5 Å². The number of nitrogens with zero attached hydrogens (tertiary/aromatic N) is 2. The molecule has 2 aliphatic rings. The summed E-state index contributed by atoms with van der Waals surface area (Å²) in [5.74, 6) is 0.110. The molecule has 7 heteroatoms. The fourth-order valence-corrected chi connectivity index (χ4v) is 3.72. The van der Waals surface area contributed by atoms with E-state index in [0.29, 0.717) is 31.2 Å². The normalized spacial score (nSPS) is 21.7. The number of hydrogen-bond donors (Lipinski definition) is 1.